The fourth-order valence-corrected chi connectivity index (χ4v) is 2.45. The van der Waals surface area contributed by atoms with E-state index in [1.807, 2.05) is 6.07 Å². The van der Waals surface area contributed by atoms with E-state index in [0.29, 0.717) is 22.1 Å². The molecule has 0 spiro atoms. The lowest BCUT2D eigenvalue weighted by Gasteiger charge is -2.24. The van der Waals surface area contributed by atoms with Gasteiger partial charge in [0, 0.05) is 16.7 Å². The van der Waals surface area contributed by atoms with Crippen LogP contribution in [0.5, 0.6) is 23.0 Å². The first-order valence-electron chi connectivity index (χ1n) is 7.36. The number of methoxy groups -OCH3 is 1. The zero-order valence-corrected chi connectivity index (χ0v) is 14.0. The number of phenols is 1. The van der Waals surface area contributed by atoms with Gasteiger partial charge in [-0.05, 0) is 18.2 Å². The standard InChI is InChI=1S/C17H15ClN2O5/c1-23-14-7-11(18)6-10(16(14)21)8-19-20-17(22)15-9-24-12-4-2-3-5-13(12)25-15/h2-8,15,21H,9H2,1H3,(H,20,22)/b19-8-/t15-/m1/s1. The summed E-state index contributed by atoms with van der Waals surface area (Å²) < 4.78 is 16.1. The predicted octanol–water partition coefficient (Wildman–Crippen LogP) is 2.34. The Hall–Kier alpha value is -2.93. The summed E-state index contributed by atoms with van der Waals surface area (Å²) in [7, 11) is 1.41. The van der Waals surface area contributed by atoms with Crippen LogP contribution in [0.4, 0.5) is 0 Å². The number of amides is 1. The first kappa shape index (κ1) is 16.9. The highest BCUT2D eigenvalue weighted by atomic mass is 35.5. The summed E-state index contributed by atoms with van der Waals surface area (Å²) in [5.41, 5.74) is 2.65. The molecular formula is C17H15ClN2O5. The van der Waals surface area contributed by atoms with E-state index >= 15 is 0 Å². The molecule has 130 valence electrons. The summed E-state index contributed by atoms with van der Waals surface area (Å²) in [4.78, 5) is 12.1. The number of hydrogen-bond donors (Lipinski definition) is 2. The number of ether oxygens (including phenoxy) is 3. The molecule has 3 rings (SSSR count). The number of phenolic OH excluding ortho intramolecular Hbond substituents is 1. The van der Waals surface area contributed by atoms with Gasteiger partial charge in [0.05, 0.1) is 13.3 Å². The molecule has 1 amide bonds. The number of halogens is 1. The van der Waals surface area contributed by atoms with Crippen molar-refractivity contribution in [2.75, 3.05) is 13.7 Å². The highest BCUT2D eigenvalue weighted by molar-refractivity contribution is 6.31. The van der Waals surface area contributed by atoms with E-state index < -0.39 is 12.0 Å². The minimum Gasteiger partial charge on any atom is -0.504 e. The molecule has 8 heteroatoms. The van der Waals surface area contributed by atoms with Crippen LogP contribution < -0.4 is 19.6 Å². The van der Waals surface area contributed by atoms with Crippen LogP contribution in [-0.4, -0.2) is 37.0 Å². The minimum atomic E-state index is -0.824. The Labute approximate surface area is 148 Å². The molecule has 2 aromatic carbocycles. The SMILES string of the molecule is COc1cc(Cl)cc(/C=N\NC(=O)[C@H]2COc3ccccc3O2)c1O. The lowest BCUT2D eigenvalue weighted by molar-refractivity contribution is -0.130. The highest BCUT2D eigenvalue weighted by Gasteiger charge is 2.27. The Morgan fingerprint density at radius 1 is 1.40 bits per heavy atom. The van der Waals surface area contributed by atoms with E-state index in [9.17, 15) is 9.90 Å². The normalized spacial score (nSPS) is 15.8. The molecular weight excluding hydrogens is 348 g/mol. The van der Waals surface area contributed by atoms with Crippen LogP contribution in [0.15, 0.2) is 41.5 Å². The van der Waals surface area contributed by atoms with Gasteiger partial charge in [0.2, 0.25) is 6.10 Å². The molecule has 7 nitrogen and oxygen atoms in total. The van der Waals surface area contributed by atoms with Crippen molar-refractivity contribution in [2.24, 2.45) is 5.10 Å². The first-order chi connectivity index (χ1) is 12.1. The van der Waals surface area contributed by atoms with Crippen molar-refractivity contribution in [3.63, 3.8) is 0 Å². The van der Waals surface area contributed by atoms with Gasteiger partial charge in [-0.1, -0.05) is 23.7 Å². The second-order valence-corrected chi connectivity index (χ2v) is 5.58. The Bertz CT molecular complexity index is 825. The first-order valence-corrected chi connectivity index (χ1v) is 7.74. The Kier molecular flexibility index (Phi) is 4.95. The van der Waals surface area contributed by atoms with E-state index in [-0.39, 0.29) is 18.1 Å². The van der Waals surface area contributed by atoms with E-state index in [4.69, 9.17) is 25.8 Å². The van der Waals surface area contributed by atoms with Crippen LogP contribution in [-0.2, 0) is 4.79 Å². The third-order valence-corrected chi connectivity index (χ3v) is 3.69. The number of nitrogens with zero attached hydrogens (tertiary/aromatic N) is 1. The van der Waals surface area contributed by atoms with Gasteiger partial charge in [0.15, 0.2) is 23.0 Å². The lowest BCUT2D eigenvalue weighted by Crippen LogP contribution is -2.42. The fraction of sp³-hybridized carbons (Fsp3) is 0.176. The highest BCUT2D eigenvalue weighted by Crippen LogP contribution is 2.32. The predicted molar refractivity (Wildman–Crippen MR) is 91.8 cm³/mol. The van der Waals surface area contributed by atoms with E-state index in [1.54, 1.807) is 18.2 Å². The lowest BCUT2D eigenvalue weighted by atomic mass is 10.2. The maximum Gasteiger partial charge on any atom is 0.284 e. The monoisotopic (exact) mass is 362 g/mol. The molecule has 1 aliphatic rings. The number of aromatic hydroxyl groups is 1. The van der Waals surface area contributed by atoms with Crippen LogP contribution in [0.1, 0.15) is 5.56 Å². The molecule has 2 N–H and O–H groups in total. The number of rotatable bonds is 4. The van der Waals surface area contributed by atoms with Gasteiger partial charge in [-0.3, -0.25) is 4.79 Å². The van der Waals surface area contributed by atoms with Crippen molar-refractivity contribution < 1.29 is 24.1 Å². The largest absolute Gasteiger partial charge is 0.504 e. The Morgan fingerprint density at radius 2 is 2.16 bits per heavy atom. The van der Waals surface area contributed by atoms with E-state index in [2.05, 4.69) is 10.5 Å². The third kappa shape index (κ3) is 3.77. The molecule has 1 aliphatic heterocycles. The quantitative estimate of drug-likeness (QED) is 0.643. The second-order valence-electron chi connectivity index (χ2n) is 5.14. The molecule has 0 radical (unpaired) electrons. The number of benzene rings is 2. The van der Waals surface area contributed by atoms with E-state index in [0.717, 1.165) is 0 Å². The van der Waals surface area contributed by atoms with Gasteiger partial charge in [-0.25, -0.2) is 5.43 Å². The Morgan fingerprint density at radius 3 is 2.92 bits per heavy atom. The van der Waals surface area contributed by atoms with Crippen molar-refractivity contribution in [3.8, 4) is 23.0 Å². The number of carbonyl (C=O) groups excluding carboxylic acids is 1. The zero-order chi connectivity index (χ0) is 17.8. The molecule has 0 aromatic heterocycles. The molecule has 0 aliphatic carbocycles. The third-order valence-electron chi connectivity index (χ3n) is 3.47. The molecule has 1 heterocycles. The van der Waals surface area contributed by atoms with Crippen LogP contribution in [0, 0.1) is 0 Å². The minimum absolute atomic E-state index is 0.0780. The zero-order valence-electron chi connectivity index (χ0n) is 13.2. The van der Waals surface area contributed by atoms with Crippen LogP contribution in [0.25, 0.3) is 0 Å². The summed E-state index contributed by atoms with van der Waals surface area (Å²) in [5, 5.41) is 14.2. The topological polar surface area (TPSA) is 89.4 Å². The smallest absolute Gasteiger partial charge is 0.284 e. The summed E-state index contributed by atoms with van der Waals surface area (Å²) in [6.45, 7) is 0.0780. The average Bonchev–Trinajstić information content (AvgIpc) is 2.63. The Balaban J connectivity index is 1.65. The van der Waals surface area contributed by atoms with Gasteiger partial charge in [0.25, 0.3) is 5.91 Å². The number of hydrogen-bond acceptors (Lipinski definition) is 6. The van der Waals surface area contributed by atoms with Crippen molar-refractivity contribution in [1.82, 2.24) is 5.43 Å². The summed E-state index contributed by atoms with van der Waals surface area (Å²) >= 11 is 5.94. The van der Waals surface area contributed by atoms with E-state index in [1.165, 1.54) is 25.5 Å². The summed E-state index contributed by atoms with van der Waals surface area (Å²) in [5.74, 6) is 0.692. The summed E-state index contributed by atoms with van der Waals surface area (Å²) in [6.07, 6.45) is 0.439. The number of fused-ring (bicyclic) bond motifs is 1. The molecule has 0 saturated carbocycles. The molecule has 1 atom stereocenters. The maximum absolute atomic E-state index is 12.1. The van der Waals surface area contributed by atoms with Crippen molar-refractivity contribution >= 4 is 23.7 Å². The molecule has 0 unspecified atom stereocenters. The molecule has 25 heavy (non-hydrogen) atoms. The van der Waals surface area contributed by atoms with Crippen molar-refractivity contribution in [1.29, 1.82) is 0 Å². The maximum atomic E-state index is 12.1. The molecule has 0 bridgehead atoms. The van der Waals surface area contributed by atoms with Gasteiger partial charge in [-0.15, -0.1) is 0 Å². The van der Waals surface area contributed by atoms with Crippen LogP contribution in [0.3, 0.4) is 0 Å². The van der Waals surface area contributed by atoms with Gasteiger partial charge in [0.1, 0.15) is 6.61 Å². The second kappa shape index (κ2) is 7.31. The van der Waals surface area contributed by atoms with Crippen molar-refractivity contribution in [3.05, 3.63) is 47.0 Å². The van der Waals surface area contributed by atoms with Gasteiger partial charge < -0.3 is 19.3 Å². The number of nitrogens with one attached hydrogen (secondary N) is 1. The molecule has 2 aromatic rings. The molecule has 0 saturated heterocycles. The number of hydrazone groups is 1. The van der Waals surface area contributed by atoms with Gasteiger partial charge >= 0.3 is 0 Å². The van der Waals surface area contributed by atoms with Crippen LogP contribution >= 0.6 is 11.6 Å². The van der Waals surface area contributed by atoms with Gasteiger partial charge in [-0.2, -0.15) is 5.10 Å². The summed E-state index contributed by atoms with van der Waals surface area (Å²) in [6, 6.07) is 10.0. The number of carbonyl (C=O) groups is 1. The fourth-order valence-electron chi connectivity index (χ4n) is 2.23. The average molecular weight is 363 g/mol. The molecule has 0 fully saturated rings. The number of para-hydroxylation sites is 2. The van der Waals surface area contributed by atoms with Crippen molar-refractivity contribution in [2.45, 2.75) is 6.10 Å². The van der Waals surface area contributed by atoms with Crippen LogP contribution in [0.2, 0.25) is 5.02 Å².